The molecule has 0 saturated heterocycles. The van der Waals surface area contributed by atoms with Crippen LogP contribution in [0.2, 0.25) is 0 Å². The highest BCUT2D eigenvalue weighted by atomic mass is 79.9. The van der Waals surface area contributed by atoms with Gasteiger partial charge in [-0.1, -0.05) is 83.9 Å². The number of nitrogens with one attached hydrogen (secondary N) is 1. The number of benzene rings is 3. The van der Waals surface area contributed by atoms with Gasteiger partial charge in [0.05, 0.1) is 12.9 Å². The number of amides is 2. The van der Waals surface area contributed by atoms with Gasteiger partial charge in [0.2, 0.25) is 11.8 Å². The Morgan fingerprint density at radius 1 is 0.973 bits per heavy atom. The van der Waals surface area contributed by atoms with Gasteiger partial charge >= 0.3 is 0 Å². The smallest absolute Gasteiger partial charge is 0.243 e. The first-order valence-electron chi connectivity index (χ1n) is 12.6. The number of hydrogen-bond donors (Lipinski definition) is 1. The molecule has 0 spiro atoms. The number of thioether (sulfide) groups is 1. The minimum Gasteiger partial charge on any atom is -0.497 e. The maximum Gasteiger partial charge on any atom is 0.243 e. The summed E-state index contributed by atoms with van der Waals surface area (Å²) in [4.78, 5) is 28.9. The quantitative estimate of drug-likeness (QED) is 0.228. The topological polar surface area (TPSA) is 58.6 Å². The van der Waals surface area contributed by atoms with E-state index in [1.54, 1.807) is 23.8 Å². The van der Waals surface area contributed by atoms with E-state index >= 15 is 0 Å². The maximum atomic E-state index is 13.7. The van der Waals surface area contributed by atoms with Crippen molar-refractivity contribution in [2.75, 3.05) is 19.4 Å². The van der Waals surface area contributed by atoms with Crippen molar-refractivity contribution in [1.82, 2.24) is 10.2 Å². The van der Waals surface area contributed by atoms with Crippen LogP contribution >= 0.6 is 27.7 Å². The molecule has 0 radical (unpaired) electrons. The van der Waals surface area contributed by atoms with E-state index in [0.717, 1.165) is 39.8 Å². The van der Waals surface area contributed by atoms with E-state index in [1.807, 2.05) is 78.9 Å². The van der Waals surface area contributed by atoms with E-state index in [4.69, 9.17) is 4.74 Å². The SMILES string of the molecule is CCCCNC(=O)C(Cc1ccccc1)N(Cc1cccc(Br)c1)C(=O)CSCc1ccc(OC)cc1. The molecular weight excluding hydrogens is 548 g/mol. The predicted octanol–water partition coefficient (Wildman–Crippen LogP) is 6.25. The lowest BCUT2D eigenvalue weighted by Gasteiger charge is -2.31. The lowest BCUT2D eigenvalue weighted by molar-refractivity contribution is -0.139. The Labute approximate surface area is 233 Å². The molecule has 1 N–H and O–H groups in total. The molecule has 3 rings (SSSR count). The molecule has 0 saturated carbocycles. The largest absolute Gasteiger partial charge is 0.497 e. The van der Waals surface area contributed by atoms with Crippen LogP contribution in [0.5, 0.6) is 5.75 Å². The van der Waals surface area contributed by atoms with Crippen LogP contribution in [0.15, 0.2) is 83.3 Å². The van der Waals surface area contributed by atoms with Crippen molar-refractivity contribution < 1.29 is 14.3 Å². The molecule has 37 heavy (non-hydrogen) atoms. The summed E-state index contributed by atoms with van der Waals surface area (Å²) in [7, 11) is 1.65. The summed E-state index contributed by atoms with van der Waals surface area (Å²) in [5, 5.41) is 3.07. The van der Waals surface area contributed by atoms with Gasteiger partial charge in [-0.2, -0.15) is 0 Å². The normalized spacial score (nSPS) is 11.5. The number of carbonyl (C=O) groups excluding carboxylic acids is 2. The molecule has 2 amide bonds. The van der Waals surface area contributed by atoms with Crippen molar-refractivity contribution in [3.63, 3.8) is 0 Å². The van der Waals surface area contributed by atoms with Gasteiger partial charge < -0.3 is 15.0 Å². The highest BCUT2D eigenvalue weighted by Crippen LogP contribution is 2.21. The highest BCUT2D eigenvalue weighted by molar-refractivity contribution is 9.10. The number of ether oxygens (including phenoxy) is 1. The number of hydrogen-bond acceptors (Lipinski definition) is 4. The second-order valence-corrected chi connectivity index (χ2v) is 10.7. The van der Waals surface area contributed by atoms with Crippen LogP contribution in [0.25, 0.3) is 0 Å². The molecule has 5 nitrogen and oxygen atoms in total. The van der Waals surface area contributed by atoms with Crippen molar-refractivity contribution >= 4 is 39.5 Å². The van der Waals surface area contributed by atoms with E-state index in [-0.39, 0.29) is 17.6 Å². The summed E-state index contributed by atoms with van der Waals surface area (Å²) in [6.45, 7) is 3.06. The summed E-state index contributed by atoms with van der Waals surface area (Å²) >= 11 is 5.09. The first kappa shape index (κ1) is 28.8. The number of rotatable bonds is 14. The first-order chi connectivity index (χ1) is 18.0. The predicted molar refractivity (Wildman–Crippen MR) is 156 cm³/mol. The van der Waals surface area contributed by atoms with Gasteiger partial charge in [0.1, 0.15) is 11.8 Å². The summed E-state index contributed by atoms with van der Waals surface area (Å²) in [5.74, 6) is 1.63. The summed E-state index contributed by atoms with van der Waals surface area (Å²) in [6.07, 6.45) is 2.36. The Balaban J connectivity index is 1.81. The molecule has 1 unspecified atom stereocenters. The lowest BCUT2D eigenvalue weighted by Crippen LogP contribution is -2.51. The molecule has 7 heteroatoms. The molecule has 3 aromatic carbocycles. The molecule has 0 bridgehead atoms. The highest BCUT2D eigenvalue weighted by Gasteiger charge is 2.30. The molecule has 0 heterocycles. The van der Waals surface area contributed by atoms with E-state index < -0.39 is 6.04 Å². The van der Waals surface area contributed by atoms with Crippen LogP contribution in [0.4, 0.5) is 0 Å². The van der Waals surface area contributed by atoms with Gasteiger partial charge in [-0.05, 0) is 47.4 Å². The lowest BCUT2D eigenvalue weighted by atomic mass is 10.0. The van der Waals surface area contributed by atoms with Gasteiger partial charge in [0.15, 0.2) is 0 Å². The summed E-state index contributed by atoms with van der Waals surface area (Å²) < 4.78 is 6.18. The zero-order chi connectivity index (χ0) is 26.5. The minimum absolute atomic E-state index is 0.0509. The molecule has 0 aliphatic heterocycles. The van der Waals surface area contributed by atoms with Crippen LogP contribution in [0, 0.1) is 0 Å². The first-order valence-corrected chi connectivity index (χ1v) is 14.5. The van der Waals surface area contributed by atoms with E-state index in [0.29, 0.717) is 25.3 Å². The fourth-order valence-electron chi connectivity index (χ4n) is 3.95. The van der Waals surface area contributed by atoms with E-state index in [9.17, 15) is 9.59 Å². The van der Waals surface area contributed by atoms with Crippen LogP contribution in [-0.4, -0.2) is 42.2 Å². The molecule has 1 atom stereocenters. The van der Waals surface area contributed by atoms with E-state index in [1.165, 1.54) is 0 Å². The van der Waals surface area contributed by atoms with Crippen molar-refractivity contribution in [1.29, 1.82) is 0 Å². The standard InChI is InChI=1S/C30H35BrN2O3S/c1-3-4-17-32-30(35)28(19-23-9-6-5-7-10-23)33(20-25-11-8-12-26(31)18-25)29(34)22-37-21-24-13-15-27(36-2)16-14-24/h5-16,18,28H,3-4,17,19-22H2,1-2H3,(H,32,35). The third-order valence-electron chi connectivity index (χ3n) is 6.00. The Morgan fingerprint density at radius 2 is 1.70 bits per heavy atom. The monoisotopic (exact) mass is 582 g/mol. The zero-order valence-corrected chi connectivity index (χ0v) is 23.9. The van der Waals surface area contributed by atoms with Gasteiger partial charge in [0, 0.05) is 29.7 Å². The van der Waals surface area contributed by atoms with Crippen LogP contribution in [0.3, 0.4) is 0 Å². The maximum absolute atomic E-state index is 13.7. The molecule has 196 valence electrons. The van der Waals surface area contributed by atoms with Crippen molar-refractivity contribution in [3.05, 3.63) is 100 Å². The van der Waals surface area contributed by atoms with Gasteiger partial charge in [-0.15, -0.1) is 11.8 Å². The fraction of sp³-hybridized carbons (Fsp3) is 0.333. The number of unbranched alkanes of at least 4 members (excludes halogenated alkanes) is 1. The van der Waals surface area contributed by atoms with Crippen molar-refractivity contribution in [2.45, 2.75) is 44.5 Å². The Kier molecular flexibility index (Phi) is 12.0. The zero-order valence-electron chi connectivity index (χ0n) is 21.5. The fourth-order valence-corrected chi connectivity index (χ4v) is 5.27. The number of methoxy groups -OCH3 is 1. The average Bonchev–Trinajstić information content (AvgIpc) is 2.91. The van der Waals surface area contributed by atoms with Crippen molar-refractivity contribution in [3.8, 4) is 5.75 Å². The van der Waals surface area contributed by atoms with Gasteiger partial charge in [-0.3, -0.25) is 9.59 Å². The second kappa shape index (κ2) is 15.5. The van der Waals surface area contributed by atoms with Gasteiger partial charge in [-0.25, -0.2) is 0 Å². The third-order valence-corrected chi connectivity index (χ3v) is 7.48. The van der Waals surface area contributed by atoms with Crippen molar-refractivity contribution in [2.24, 2.45) is 0 Å². The van der Waals surface area contributed by atoms with Crippen LogP contribution in [-0.2, 0) is 28.3 Å². The molecule has 0 aromatic heterocycles. The molecule has 0 aliphatic carbocycles. The Hall–Kier alpha value is -2.77. The number of nitrogens with zero attached hydrogens (tertiary/aromatic N) is 1. The Morgan fingerprint density at radius 3 is 2.38 bits per heavy atom. The number of carbonyl (C=O) groups is 2. The Bertz CT molecular complexity index is 1130. The van der Waals surface area contributed by atoms with Crippen LogP contribution < -0.4 is 10.1 Å². The minimum atomic E-state index is -0.604. The summed E-state index contributed by atoms with van der Waals surface area (Å²) in [6, 6.07) is 25.1. The summed E-state index contributed by atoms with van der Waals surface area (Å²) in [5.41, 5.74) is 3.12. The molecule has 0 fully saturated rings. The third kappa shape index (κ3) is 9.56. The molecule has 0 aliphatic rings. The van der Waals surface area contributed by atoms with E-state index in [2.05, 4.69) is 28.2 Å². The van der Waals surface area contributed by atoms with Gasteiger partial charge in [0.25, 0.3) is 0 Å². The molecular formula is C30H35BrN2O3S. The number of halogens is 1. The average molecular weight is 584 g/mol. The second-order valence-electron chi connectivity index (χ2n) is 8.84. The van der Waals surface area contributed by atoms with Crippen LogP contribution in [0.1, 0.15) is 36.5 Å². The molecule has 3 aromatic rings.